The highest BCUT2D eigenvalue weighted by Gasteiger charge is 2.28. The lowest BCUT2D eigenvalue weighted by Gasteiger charge is -2.23. The molecule has 4 nitrogen and oxygen atoms in total. The fourth-order valence-corrected chi connectivity index (χ4v) is 5.11. The van der Waals surface area contributed by atoms with Gasteiger partial charge in [-0.3, -0.25) is 0 Å². The fraction of sp³-hybridized carbons (Fsp3) is 0.0833. The lowest BCUT2D eigenvalue weighted by Crippen LogP contribution is -2.30. The van der Waals surface area contributed by atoms with Crippen LogP contribution in [0.4, 0.5) is 4.39 Å². The highest BCUT2D eigenvalue weighted by molar-refractivity contribution is 9.10. The van der Waals surface area contributed by atoms with Crippen molar-refractivity contribution in [3.63, 3.8) is 0 Å². The Bertz CT molecular complexity index is 1370. The lowest BCUT2D eigenvalue weighted by atomic mass is 9.93. The van der Waals surface area contributed by atoms with Gasteiger partial charge in [0.2, 0.25) is 10.0 Å². The lowest BCUT2D eigenvalue weighted by molar-refractivity contribution is 0.462. The predicted octanol–water partition coefficient (Wildman–Crippen LogP) is 5.82. The van der Waals surface area contributed by atoms with E-state index in [1.54, 1.807) is 36.4 Å². The molecule has 0 aliphatic heterocycles. The van der Waals surface area contributed by atoms with E-state index in [1.807, 2.05) is 13.0 Å². The third-order valence-corrected chi connectivity index (χ3v) is 7.04. The summed E-state index contributed by atoms with van der Waals surface area (Å²) in [6.07, 6.45) is 0. The minimum absolute atomic E-state index is 0.0573. The zero-order valence-corrected chi connectivity index (χ0v) is 18.9. The van der Waals surface area contributed by atoms with Crippen LogP contribution in [-0.2, 0) is 10.0 Å². The number of phenols is 1. The molecule has 7 heteroatoms. The first-order valence-electron chi connectivity index (χ1n) is 9.51. The van der Waals surface area contributed by atoms with Crippen molar-refractivity contribution in [1.82, 2.24) is 4.72 Å². The Morgan fingerprint density at radius 2 is 1.68 bits per heavy atom. The molecule has 31 heavy (non-hydrogen) atoms. The van der Waals surface area contributed by atoms with Gasteiger partial charge >= 0.3 is 0 Å². The van der Waals surface area contributed by atoms with Gasteiger partial charge in [-0.25, -0.2) is 12.8 Å². The molecule has 2 N–H and O–H groups in total. The van der Waals surface area contributed by atoms with Crippen molar-refractivity contribution in [2.24, 2.45) is 0 Å². The number of benzene rings is 4. The number of nitrogens with one attached hydrogen (secondary N) is 1. The molecular formula is C24H19BrFNO3S. The fourth-order valence-electron chi connectivity index (χ4n) is 3.54. The maximum atomic E-state index is 14.8. The summed E-state index contributed by atoms with van der Waals surface area (Å²) >= 11 is 3.42. The zero-order valence-electron chi connectivity index (χ0n) is 16.5. The van der Waals surface area contributed by atoms with Crippen LogP contribution < -0.4 is 4.72 Å². The molecule has 4 rings (SSSR count). The topological polar surface area (TPSA) is 66.4 Å². The Morgan fingerprint density at radius 1 is 0.968 bits per heavy atom. The van der Waals surface area contributed by atoms with Crippen molar-refractivity contribution in [3.8, 4) is 5.75 Å². The van der Waals surface area contributed by atoms with Gasteiger partial charge in [0, 0.05) is 15.6 Å². The molecule has 4 aromatic carbocycles. The van der Waals surface area contributed by atoms with Crippen LogP contribution in [0.25, 0.3) is 10.8 Å². The monoisotopic (exact) mass is 499 g/mol. The van der Waals surface area contributed by atoms with Gasteiger partial charge in [0.25, 0.3) is 0 Å². The van der Waals surface area contributed by atoms with Gasteiger partial charge in [0.1, 0.15) is 11.6 Å². The summed E-state index contributed by atoms with van der Waals surface area (Å²) in [4.78, 5) is 0.0573. The first-order chi connectivity index (χ1) is 14.8. The molecule has 0 amide bonds. The van der Waals surface area contributed by atoms with E-state index in [4.69, 9.17) is 0 Å². The summed E-state index contributed by atoms with van der Waals surface area (Å²) in [6, 6.07) is 19.8. The average molecular weight is 500 g/mol. The van der Waals surface area contributed by atoms with Crippen LogP contribution in [0.15, 0.2) is 88.2 Å². The molecule has 0 heterocycles. The molecule has 1 atom stereocenters. The van der Waals surface area contributed by atoms with Crippen molar-refractivity contribution in [2.45, 2.75) is 17.9 Å². The number of aromatic hydroxyl groups is 1. The minimum atomic E-state index is -4.02. The quantitative estimate of drug-likeness (QED) is 0.363. The van der Waals surface area contributed by atoms with E-state index in [9.17, 15) is 17.9 Å². The molecule has 4 aromatic rings. The Morgan fingerprint density at radius 3 is 2.39 bits per heavy atom. The van der Waals surface area contributed by atoms with Crippen LogP contribution in [0, 0.1) is 12.7 Å². The summed E-state index contributed by atoms with van der Waals surface area (Å²) in [5.74, 6) is -0.706. The molecule has 0 aliphatic carbocycles. The van der Waals surface area contributed by atoms with E-state index in [0.29, 0.717) is 5.39 Å². The molecule has 0 spiro atoms. The minimum Gasteiger partial charge on any atom is -0.508 e. The molecule has 0 bridgehead atoms. The molecule has 0 fully saturated rings. The van der Waals surface area contributed by atoms with Gasteiger partial charge in [-0.1, -0.05) is 64.0 Å². The van der Waals surface area contributed by atoms with Crippen LogP contribution in [0.2, 0.25) is 0 Å². The van der Waals surface area contributed by atoms with Gasteiger partial charge in [-0.2, -0.15) is 4.72 Å². The Hall–Kier alpha value is -2.74. The molecule has 158 valence electrons. The van der Waals surface area contributed by atoms with Gasteiger partial charge < -0.3 is 5.11 Å². The van der Waals surface area contributed by atoms with Crippen LogP contribution >= 0.6 is 15.9 Å². The second-order valence-corrected chi connectivity index (χ2v) is 9.88. The molecule has 0 aliphatic rings. The van der Waals surface area contributed by atoms with E-state index in [0.717, 1.165) is 15.4 Å². The van der Waals surface area contributed by atoms with Crippen LogP contribution in [0.1, 0.15) is 22.7 Å². The average Bonchev–Trinajstić information content (AvgIpc) is 2.73. The number of rotatable bonds is 5. The smallest absolute Gasteiger partial charge is 0.241 e. The van der Waals surface area contributed by atoms with E-state index in [2.05, 4.69) is 20.7 Å². The molecular weight excluding hydrogens is 481 g/mol. The number of fused-ring (bicyclic) bond motifs is 1. The van der Waals surface area contributed by atoms with E-state index >= 15 is 0 Å². The maximum absolute atomic E-state index is 14.8. The van der Waals surface area contributed by atoms with Gasteiger partial charge in [0.05, 0.1) is 10.9 Å². The van der Waals surface area contributed by atoms with Crippen LogP contribution in [-0.4, -0.2) is 13.5 Å². The van der Waals surface area contributed by atoms with Crippen molar-refractivity contribution in [1.29, 1.82) is 0 Å². The number of sulfonamides is 1. The number of hydrogen-bond acceptors (Lipinski definition) is 3. The second kappa shape index (κ2) is 8.42. The van der Waals surface area contributed by atoms with Crippen molar-refractivity contribution < 1.29 is 17.9 Å². The van der Waals surface area contributed by atoms with Crippen LogP contribution in [0.3, 0.4) is 0 Å². The summed E-state index contributed by atoms with van der Waals surface area (Å²) < 4.78 is 44.7. The molecule has 1 unspecified atom stereocenters. The van der Waals surface area contributed by atoms with E-state index in [-0.39, 0.29) is 21.8 Å². The highest BCUT2D eigenvalue weighted by Crippen LogP contribution is 2.38. The summed E-state index contributed by atoms with van der Waals surface area (Å²) in [5.41, 5.74) is 1.32. The predicted molar refractivity (Wildman–Crippen MR) is 123 cm³/mol. The summed E-state index contributed by atoms with van der Waals surface area (Å²) in [5, 5.41) is 12.1. The molecule has 0 aromatic heterocycles. The Balaban J connectivity index is 1.93. The molecule has 0 radical (unpaired) electrons. The summed E-state index contributed by atoms with van der Waals surface area (Å²) in [7, 11) is -4.02. The van der Waals surface area contributed by atoms with Gasteiger partial charge in [-0.15, -0.1) is 0 Å². The maximum Gasteiger partial charge on any atom is 0.241 e. The third kappa shape index (κ3) is 4.35. The standard InChI is InChI=1S/C24H19BrFNO3S/c1-15-6-10-18(11-7-15)31(29,30)27-24(20-4-2-3-5-21(20)26)23-19-12-9-17(25)14-16(19)8-13-22(23)28/h2-14,24,27-28H,1H3. The van der Waals surface area contributed by atoms with Crippen molar-refractivity contribution in [2.75, 3.05) is 0 Å². The first kappa shape index (κ1) is 21.5. The van der Waals surface area contributed by atoms with Crippen molar-refractivity contribution in [3.05, 3.63) is 106 Å². The SMILES string of the molecule is Cc1ccc(S(=O)(=O)NC(c2ccccc2F)c2c(O)ccc3cc(Br)ccc23)cc1. The van der Waals surface area contributed by atoms with Gasteiger partial charge in [-0.05, 0) is 54.1 Å². The zero-order chi connectivity index (χ0) is 22.2. The first-order valence-corrected chi connectivity index (χ1v) is 11.8. The van der Waals surface area contributed by atoms with Gasteiger partial charge in [0.15, 0.2) is 0 Å². The van der Waals surface area contributed by atoms with Crippen molar-refractivity contribution >= 4 is 36.7 Å². The van der Waals surface area contributed by atoms with Crippen LogP contribution in [0.5, 0.6) is 5.75 Å². The third-order valence-electron chi connectivity index (χ3n) is 5.11. The number of phenolic OH excluding ortho intramolecular Hbond substituents is 1. The van der Waals surface area contributed by atoms with E-state index < -0.39 is 21.9 Å². The number of hydrogen-bond donors (Lipinski definition) is 2. The Kier molecular flexibility index (Phi) is 5.83. The molecule has 0 saturated heterocycles. The van der Waals surface area contributed by atoms with E-state index in [1.165, 1.54) is 36.4 Å². The number of aryl methyl sites for hydroxylation is 1. The Labute approximate surface area is 188 Å². The molecule has 0 saturated carbocycles. The number of halogens is 2. The normalized spacial score (nSPS) is 12.7. The summed E-state index contributed by atoms with van der Waals surface area (Å²) in [6.45, 7) is 1.86. The second-order valence-electron chi connectivity index (χ2n) is 7.25. The highest BCUT2D eigenvalue weighted by atomic mass is 79.9. The largest absolute Gasteiger partial charge is 0.508 e.